The lowest BCUT2D eigenvalue weighted by molar-refractivity contribution is 0.0469. The number of anilines is 1. The molecule has 0 saturated heterocycles. The zero-order valence-corrected chi connectivity index (χ0v) is 15.3. The van der Waals surface area contributed by atoms with Crippen LogP contribution in [0.4, 0.5) is 10.5 Å². The Hall–Kier alpha value is -3.22. The molecule has 0 aliphatic carbocycles. The van der Waals surface area contributed by atoms with Crippen LogP contribution in [0.5, 0.6) is 11.5 Å². The predicted octanol–water partition coefficient (Wildman–Crippen LogP) is 3.26. The molecule has 2 aromatic carbocycles. The third kappa shape index (κ3) is 4.49. The van der Waals surface area contributed by atoms with E-state index < -0.39 is 12.0 Å². The second kappa shape index (κ2) is 7.99. The third-order valence-corrected chi connectivity index (χ3v) is 4.13. The fourth-order valence-corrected chi connectivity index (χ4v) is 2.94. The summed E-state index contributed by atoms with van der Waals surface area (Å²) >= 11 is 0. The van der Waals surface area contributed by atoms with Gasteiger partial charge in [0, 0.05) is 23.2 Å². The summed E-state index contributed by atoms with van der Waals surface area (Å²) in [5.41, 5.74) is 7.78. The van der Waals surface area contributed by atoms with Crippen molar-refractivity contribution in [3.05, 3.63) is 53.1 Å². The minimum atomic E-state index is -0.665. The first-order chi connectivity index (χ1) is 13.0. The molecule has 2 amide bonds. The molecule has 2 aromatic rings. The molecule has 7 heteroatoms. The molecule has 1 heterocycles. The Labute approximate surface area is 157 Å². The van der Waals surface area contributed by atoms with Crippen LogP contribution in [0.1, 0.15) is 35.3 Å². The minimum Gasteiger partial charge on any atom is -0.493 e. The van der Waals surface area contributed by atoms with Gasteiger partial charge in [0.25, 0.3) is 0 Å². The molecular weight excluding hydrogens is 348 g/mol. The quantitative estimate of drug-likeness (QED) is 0.760. The largest absolute Gasteiger partial charge is 0.493 e. The highest BCUT2D eigenvalue weighted by Crippen LogP contribution is 2.35. The molecule has 3 N–H and O–H groups in total. The Morgan fingerprint density at radius 2 is 2.00 bits per heavy atom. The molecule has 0 spiro atoms. The maximum absolute atomic E-state index is 12.3. The number of nitrogens with one attached hydrogen (secondary N) is 1. The number of amides is 2. The fraction of sp³-hybridized carbons (Fsp3) is 0.300. The summed E-state index contributed by atoms with van der Waals surface area (Å²) in [4.78, 5) is 23.1. The zero-order valence-electron chi connectivity index (χ0n) is 15.3. The van der Waals surface area contributed by atoms with Gasteiger partial charge in [-0.3, -0.25) is 0 Å². The first-order valence-electron chi connectivity index (χ1n) is 8.75. The number of nitrogens with two attached hydrogens (primary N) is 1. The van der Waals surface area contributed by atoms with Gasteiger partial charge in [-0.15, -0.1) is 0 Å². The van der Waals surface area contributed by atoms with E-state index in [9.17, 15) is 9.59 Å². The van der Waals surface area contributed by atoms with Gasteiger partial charge in [0.05, 0.1) is 12.2 Å². The van der Waals surface area contributed by atoms with Gasteiger partial charge < -0.3 is 25.3 Å². The van der Waals surface area contributed by atoms with Crippen LogP contribution < -0.4 is 20.5 Å². The van der Waals surface area contributed by atoms with Gasteiger partial charge >= 0.3 is 12.0 Å². The van der Waals surface area contributed by atoms with Crippen LogP contribution in [-0.4, -0.2) is 24.7 Å². The number of carbonyl (C=O) groups is 2. The standard InChI is InChI=1S/C20H22N2O5/c1-3-25-17-9-14-8-12(2)27-18(14)10-15(17)11-26-19(23)13-4-6-16(7-5-13)22-20(21)24/h4-7,9-10,12H,3,8,11H2,1-2H3,(H3,21,22,24). The van der Waals surface area contributed by atoms with Crippen molar-refractivity contribution in [2.45, 2.75) is 33.0 Å². The van der Waals surface area contributed by atoms with Crippen LogP contribution >= 0.6 is 0 Å². The van der Waals surface area contributed by atoms with Crippen molar-refractivity contribution in [1.29, 1.82) is 0 Å². The molecule has 27 heavy (non-hydrogen) atoms. The molecule has 0 aromatic heterocycles. The summed E-state index contributed by atoms with van der Waals surface area (Å²) in [5, 5.41) is 2.43. The van der Waals surface area contributed by atoms with E-state index in [2.05, 4.69) is 5.32 Å². The number of fused-ring (bicyclic) bond motifs is 1. The molecule has 0 radical (unpaired) electrons. The van der Waals surface area contributed by atoms with E-state index in [-0.39, 0.29) is 12.7 Å². The van der Waals surface area contributed by atoms with Crippen molar-refractivity contribution in [3.63, 3.8) is 0 Å². The van der Waals surface area contributed by atoms with Crippen LogP contribution in [0.3, 0.4) is 0 Å². The minimum absolute atomic E-state index is 0.0699. The molecule has 7 nitrogen and oxygen atoms in total. The summed E-state index contributed by atoms with van der Waals surface area (Å²) < 4.78 is 16.9. The number of hydrogen-bond donors (Lipinski definition) is 2. The summed E-state index contributed by atoms with van der Waals surface area (Å²) in [6.07, 6.45) is 0.959. The Balaban J connectivity index is 1.69. The van der Waals surface area contributed by atoms with Crippen molar-refractivity contribution in [3.8, 4) is 11.5 Å². The van der Waals surface area contributed by atoms with Gasteiger partial charge in [0.1, 0.15) is 24.2 Å². The van der Waals surface area contributed by atoms with E-state index in [1.807, 2.05) is 26.0 Å². The normalized spacial score (nSPS) is 14.8. The second-order valence-corrected chi connectivity index (χ2v) is 6.28. The first kappa shape index (κ1) is 18.6. The zero-order chi connectivity index (χ0) is 19.4. The smallest absolute Gasteiger partial charge is 0.338 e. The van der Waals surface area contributed by atoms with Crippen molar-refractivity contribution < 1.29 is 23.8 Å². The van der Waals surface area contributed by atoms with Crippen molar-refractivity contribution >= 4 is 17.7 Å². The summed E-state index contributed by atoms with van der Waals surface area (Å²) in [6, 6.07) is 9.44. The van der Waals surface area contributed by atoms with Gasteiger partial charge in [-0.25, -0.2) is 9.59 Å². The van der Waals surface area contributed by atoms with E-state index in [0.29, 0.717) is 23.6 Å². The Kier molecular flexibility index (Phi) is 5.49. The average Bonchev–Trinajstić information content (AvgIpc) is 2.98. The molecule has 0 bridgehead atoms. The van der Waals surface area contributed by atoms with Crippen LogP contribution in [-0.2, 0) is 17.8 Å². The van der Waals surface area contributed by atoms with Gasteiger partial charge in [-0.05, 0) is 50.2 Å². The monoisotopic (exact) mass is 370 g/mol. The van der Waals surface area contributed by atoms with Crippen LogP contribution in [0.25, 0.3) is 0 Å². The maximum atomic E-state index is 12.3. The summed E-state index contributed by atoms with van der Waals surface area (Å²) in [6.45, 7) is 4.51. The summed E-state index contributed by atoms with van der Waals surface area (Å²) in [7, 11) is 0. The molecule has 142 valence electrons. The molecule has 1 aliphatic heterocycles. The Morgan fingerprint density at radius 1 is 1.26 bits per heavy atom. The lowest BCUT2D eigenvalue weighted by Gasteiger charge is -2.13. The van der Waals surface area contributed by atoms with Crippen molar-refractivity contribution in [2.75, 3.05) is 11.9 Å². The topological polar surface area (TPSA) is 99.9 Å². The van der Waals surface area contributed by atoms with Gasteiger partial charge in [0.15, 0.2) is 0 Å². The molecule has 1 unspecified atom stereocenters. The van der Waals surface area contributed by atoms with Crippen LogP contribution in [0, 0.1) is 0 Å². The van der Waals surface area contributed by atoms with Crippen LogP contribution in [0.15, 0.2) is 36.4 Å². The van der Waals surface area contributed by atoms with Gasteiger partial charge in [0.2, 0.25) is 0 Å². The Bertz CT molecular complexity index is 848. The fourth-order valence-electron chi connectivity index (χ4n) is 2.94. The van der Waals surface area contributed by atoms with E-state index in [0.717, 1.165) is 23.3 Å². The van der Waals surface area contributed by atoms with Crippen molar-refractivity contribution in [1.82, 2.24) is 0 Å². The second-order valence-electron chi connectivity index (χ2n) is 6.28. The molecule has 3 rings (SSSR count). The lowest BCUT2D eigenvalue weighted by Crippen LogP contribution is -2.19. The highest BCUT2D eigenvalue weighted by atomic mass is 16.5. The van der Waals surface area contributed by atoms with Gasteiger partial charge in [-0.2, -0.15) is 0 Å². The number of carbonyl (C=O) groups excluding carboxylic acids is 2. The average molecular weight is 370 g/mol. The number of rotatable bonds is 6. The molecule has 0 saturated carbocycles. The number of ether oxygens (including phenoxy) is 3. The Morgan fingerprint density at radius 3 is 2.67 bits per heavy atom. The SMILES string of the molecule is CCOc1cc2c(cc1COC(=O)c1ccc(NC(N)=O)cc1)OC(C)C2. The van der Waals surface area contributed by atoms with Crippen LogP contribution in [0.2, 0.25) is 0 Å². The van der Waals surface area contributed by atoms with Gasteiger partial charge in [-0.1, -0.05) is 0 Å². The van der Waals surface area contributed by atoms with E-state index in [1.165, 1.54) is 0 Å². The number of primary amides is 1. The number of urea groups is 1. The number of benzene rings is 2. The molecule has 1 aliphatic rings. The third-order valence-electron chi connectivity index (χ3n) is 4.13. The predicted molar refractivity (Wildman–Crippen MR) is 100 cm³/mol. The highest BCUT2D eigenvalue weighted by molar-refractivity contribution is 5.91. The molecule has 0 fully saturated rings. The van der Waals surface area contributed by atoms with E-state index in [4.69, 9.17) is 19.9 Å². The molecule has 1 atom stereocenters. The first-order valence-corrected chi connectivity index (χ1v) is 8.75. The number of hydrogen-bond acceptors (Lipinski definition) is 5. The van der Waals surface area contributed by atoms with Crippen molar-refractivity contribution in [2.24, 2.45) is 5.73 Å². The number of esters is 1. The lowest BCUT2D eigenvalue weighted by atomic mass is 10.1. The molecular formula is C20H22N2O5. The van der Waals surface area contributed by atoms with E-state index in [1.54, 1.807) is 24.3 Å². The highest BCUT2D eigenvalue weighted by Gasteiger charge is 2.22. The van der Waals surface area contributed by atoms with E-state index >= 15 is 0 Å². The summed E-state index contributed by atoms with van der Waals surface area (Å²) in [5.74, 6) is 1.03. The maximum Gasteiger partial charge on any atom is 0.338 e.